The molecule has 0 fully saturated rings. The number of rotatable bonds is 4. The van der Waals surface area contributed by atoms with Gasteiger partial charge in [-0.2, -0.15) is 5.26 Å². The van der Waals surface area contributed by atoms with Gasteiger partial charge in [-0.3, -0.25) is 0 Å². The molecule has 0 saturated heterocycles. The van der Waals surface area contributed by atoms with Crippen LogP contribution in [0.3, 0.4) is 0 Å². The Morgan fingerprint density at radius 3 is 2.43 bits per heavy atom. The predicted octanol–water partition coefficient (Wildman–Crippen LogP) is 4.42. The second-order valence-corrected chi connectivity index (χ2v) is 6.10. The van der Waals surface area contributed by atoms with E-state index in [4.69, 9.17) is 17.5 Å². The molecule has 1 atom stereocenters. The summed E-state index contributed by atoms with van der Waals surface area (Å²) in [5.41, 5.74) is 5.70. The van der Waals surface area contributed by atoms with E-state index >= 15 is 0 Å². The molecule has 0 aromatic heterocycles. The highest BCUT2D eigenvalue weighted by molar-refractivity contribution is 7.80. The summed E-state index contributed by atoms with van der Waals surface area (Å²) < 4.78 is 0. The lowest BCUT2D eigenvalue weighted by Crippen LogP contribution is -2.30. The minimum absolute atomic E-state index is 0.132. The summed E-state index contributed by atoms with van der Waals surface area (Å²) in [6, 6.07) is 16.4. The average molecular weight is 323 g/mol. The third kappa shape index (κ3) is 4.80. The topological polar surface area (TPSA) is 47.8 Å². The molecule has 0 unspecified atom stereocenters. The van der Waals surface area contributed by atoms with Gasteiger partial charge in [0.15, 0.2) is 5.11 Å². The fraction of sp³-hybridized carbons (Fsp3) is 0.263. The second-order valence-electron chi connectivity index (χ2n) is 5.70. The van der Waals surface area contributed by atoms with Crippen LogP contribution in [0.2, 0.25) is 0 Å². The summed E-state index contributed by atoms with van der Waals surface area (Å²) in [5, 5.41) is 15.7. The van der Waals surface area contributed by atoms with Crippen molar-refractivity contribution in [3.05, 3.63) is 64.7 Å². The van der Waals surface area contributed by atoms with Crippen LogP contribution in [-0.2, 0) is 6.42 Å². The number of nitriles is 1. The van der Waals surface area contributed by atoms with Crippen molar-refractivity contribution >= 4 is 23.0 Å². The first kappa shape index (κ1) is 17.0. The lowest BCUT2D eigenvalue weighted by atomic mass is 10.0. The van der Waals surface area contributed by atoms with Gasteiger partial charge >= 0.3 is 0 Å². The van der Waals surface area contributed by atoms with Gasteiger partial charge < -0.3 is 10.6 Å². The lowest BCUT2D eigenvalue weighted by Gasteiger charge is -2.18. The van der Waals surface area contributed by atoms with Crippen molar-refractivity contribution in [2.24, 2.45) is 0 Å². The summed E-state index contributed by atoms with van der Waals surface area (Å²) >= 11 is 5.38. The van der Waals surface area contributed by atoms with Crippen molar-refractivity contribution in [3.8, 4) is 6.07 Å². The monoisotopic (exact) mass is 323 g/mol. The van der Waals surface area contributed by atoms with E-state index in [-0.39, 0.29) is 6.04 Å². The van der Waals surface area contributed by atoms with Crippen molar-refractivity contribution in [2.45, 2.75) is 33.2 Å². The van der Waals surface area contributed by atoms with E-state index in [9.17, 15) is 0 Å². The zero-order valence-electron chi connectivity index (χ0n) is 13.7. The van der Waals surface area contributed by atoms with Gasteiger partial charge in [0.25, 0.3) is 0 Å². The van der Waals surface area contributed by atoms with Gasteiger partial charge in [0.1, 0.15) is 0 Å². The van der Waals surface area contributed by atoms with Crippen LogP contribution < -0.4 is 10.6 Å². The molecule has 0 aliphatic rings. The zero-order chi connectivity index (χ0) is 16.8. The number of hydrogen-bond acceptors (Lipinski definition) is 2. The van der Waals surface area contributed by atoms with Crippen LogP contribution in [0.25, 0.3) is 0 Å². The maximum Gasteiger partial charge on any atom is 0.171 e. The highest BCUT2D eigenvalue weighted by Gasteiger charge is 2.08. The predicted molar refractivity (Wildman–Crippen MR) is 99.4 cm³/mol. The van der Waals surface area contributed by atoms with Crippen LogP contribution in [-0.4, -0.2) is 5.11 Å². The second kappa shape index (κ2) is 7.75. The first-order chi connectivity index (χ1) is 11.0. The molecule has 0 spiro atoms. The smallest absolute Gasteiger partial charge is 0.171 e. The third-order valence-electron chi connectivity index (χ3n) is 3.87. The van der Waals surface area contributed by atoms with E-state index in [1.54, 1.807) is 0 Å². The molecule has 0 saturated carbocycles. The average Bonchev–Trinajstić information content (AvgIpc) is 2.52. The molecule has 23 heavy (non-hydrogen) atoms. The summed E-state index contributed by atoms with van der Waals surface area (Å²) in [7, 11) is 0. The third-order valence-corrected chi connectivity index (χ3v) is 4.09. The molecular formula is C19H21N3S. The van der Waals surface area contributed by atoms with Crippen LogP contribution >= 0.6 is 12.2 Å². The summed E-state index contributed by atoms with van der Waals surface area (Å²) in [5.74, 6) is 0. The maximum absolute atomic E-state index is 8.68. The van der Waals surface area contributed by atoms with Crippen LogP contribution in [0.5, 0.6) is 0 Å². The highest BCUT2D eigenvalue weighted by atomic mass is 32.1. The minimum atomic E-state index is 0.132. The number of anilines is 1. The Morgan fingerprint density at radius 2 is 1.83 bits per heavy atom. The van der Waals surface area contributed by atoms with E-state index in [2.05, 4.69) is 55.7 Å². The number of aryl methyl sites for hydroxylation is 2. The van der Waals surface area contributed by atoms with Crippen LogP contribution in [0.4, 0.5) is 5.69 Å². The number of thiocarbonyl (C=S) groups is 1. The van der Waals surface area contributed by atoms with Crippen molar-refractivity contribution in [1.29, 1.82) is 5.26 Å². The Hall–Kier alpha value is -2.38. The quantitative estimate of drug-likeness (QED) is 0.818. The van der Waals surface area contributed by atoms with Crippen LogP contribution in [0, 0.1) is 25.2 Å². The Kier molecular flexibility index (Phi) is 5.72. The van der Waals surface area contributed by atoms with Gasteiger partial charge in [-0.05, 0) is 67.4 Å². The SMILES string of the molecule is Cc1ccc([C@@H](C)NC(=S)Nc2ccc(CC#N)cc2)cc1C. The van der Waals surface area contributed by atoms with Gasteiger partial charge in [0.2, 0.25) is 0 Å². The molecule has 4 heteroatoms. The zero-order valence-corrected chi connectivity index (χ0v) is 14.5. The van der Waals surface area contributed by atoms with E-state index in [1.165, 1.54) is 16.7 Å². The maximum atomic E-state index is 8.68. The number of benzene rings is 2. The minimum Gasteiger partial charge on any atom is -0.356 e. The molecule has 0 bridgehead atoms. The molecule has 0 aliphatic heterocycles. The summed E-state index contributed by atoms with van der Waals surface area (Å²) in [6.07, 6.45) is 0.423. The molecule has 2 aromatic carbocycles. The highest BCUT2D eigenvalue weighted by Crippen LogP contribution is 2.17. The molecule has 0 aliphatic carbocycles. The van der Waals surface area contributed by atoms with E-state index in [1.807, 2.05) is 24.3 Å². The summed E-state index contributed by atoms with van der Waals surface area (Å²) in [6.45, 7) is 6.32. The van der Waals surface area contributed by atoms with Gasteiger partial charge in [-0.1, -0.05) is 30.3 Å². The number of hydrogen-bond donors (Lipinski definition) is 2. The molecule has 0 radical (unpaired) electrons. The van der Waals surface area contributed by atoms with Crippen LogP contribution in [0.1, 0.15) is 35.2 Å². The van der Waals surface area contributed by atoms with Gasteiger partial charge in [0, 0.05) is 5.69 Å². The molecule has 118 valence electrons. The molecule has 3 nitrogen and oxygen atoms in total. The Morgan fingerprint density at radius 1 is 1.13 bits per heavy atom. The normalized spacial score (nSPS) is 11.4. The lowest BCUT2D eigenvalue weighted by molar-refractivity contribution is 0.721. The standard InChI is InChI=1S/C19H21N3S/c1-13-4-7-17(12-14(13)2)15(3)21-19(23)22-18-8-5-16(6-9-18)10-11-20/h4-9,12,15H,10H2,1-3H3,(H2,21,22,23)/t15-/m1/s1. The fourth-order valence-corrected chi connectivity index (χ4v) is 2.57. The molecular weight excluding hydrogens is 302 g/mol. The fourth-order valence-electron chi connectivity index (χ4n) is 2.28. The van der Waals surface area contributed by atoms with E-state index in [0.717, 1.165) is 11.3 Å². The Bertz CT molecular complexity index is 729. The van der Waals surface area contributed by atoms with Crippen molar-refractivity contribution in [3.63, 3.8) is 0 Å². The number of nitrogens with one attached hydrogen (secondary N) is 2. The largest absolute Gasteiger partial charge is 0.356 e. The number of nitrogens with zero attached hydrogens (tertiary/aromatic N) is 1. The Labute approximate surface area is 143 Å². The van der Waals surface area contributed by atoms with Gasteiger partial charge in [0.05, 0.1) is 18.5 Å². The molecule has 2 rings (SSSR count). The Balaban J connectivity index is 1.95. The molecule has 2 N–H and O–H groups in total. The van der Waals surface area contributed by atoms with E-state index < -0.39 is 0 Å². The van der Waals surface area contributed by atoms with Crippen LogP contribution in [0.15, 0.2) is 42.5 Å². The van der Waals surface area contributed by atoms with Crippen molar-refractivity contribution in [1.82, 2.24) is 5.32 Å². The van der Waals surface area contributed by atoms with Crippen molar-refractivity contribution in [2.75, 3.05) is 5.32 Å². The molecule has 0 heterocycles. The van der Waals surface area contributed by atoms with Gasteiger partial charge in [-0.15, -0.1) is 0 Å². The first-order valence-corrected chi connectivity index (χ1v) is 8.01. The van der Waals surface area contributed by atoms with Crippen molar-refractivity contribution < 1.29 is 0 Å². The van der Waals surface area contributed by atoms with Gasteiger partial charge in [-0.25, -0.2) is 0 Å². The molecule has 2 aromatic rings. The first-order valence-electron chi connectivity index (χ1n) is 7.60. The van der Waals surface area contributed by atoms with E-state index in [0.29, 0.717) is 11.5 Å². The molecule has 0 amide bonds. The summed E-state index contributed by atoms with van der Waals surface area (Å²) in [4.78, 5) is 0.